The summed E-state index contributed by atoms with van der Waals surface area (Å²) in [5, 5.41) is 0. The lowest BCUT2D eigenvalue weighted by molar-refractivity contribution is 0.0696. The minimum absolute atomic E-state index is 0.0358. The minimum atomic E-state index is -1.53. The van der Waals surface area contributed by atoms with E-state index >= 15 is 0 Å². The fourth-order valence-corrected chi connectivity index (χ4v) is 6.23. The molecule has 1 unspecified atom stereocenters. The average Bonchev–Trinajstić information content (AvgIpc) is 2.95. The number of aryl methyl sites for hydroxylation is 2. The zero-order chi connectivity index (χ0) is 24.7. The standard InChI is InChI=1S/C29H30N2O3S/c1-19-12-14-30(15-13-19)28(32)22-10-11-27-25(17-22)31(18-23-16-20(2)8-9-21(23)3)29(33)24-6-4-5-7-26(24)35(27)34/h4-11,16-17,19H,12-15,18H2,1-3H3. The van der Waals surface area contributed by atoms with E-state index < -0.39 is 10.8 Å². The largest absolute Gasteiger partial charge is 0.339 e. The number of amides is 2. The molecule has 6 heteroatoms. The van der Waals surface area contributed by atoms with Crippen molar-refractivity contribution in [3.8, 4) is 0 Å². The highest BCUT2D eigenvalue weighted by molar-refractivity contribution is 7.85. The third-order valence-corrected chi connectivity index (χ3v) is 8.66. The average molecular weight is 487 g/mol. The number of anilines is 1. The highest BCUT2D eigenvalue weighted by Crippen LogP contribution is 2.36. The number of hydrogen-bond donors (Lipinski definition) is 0. The molecular weight excluding hydrogens is 456 g/mol. The second-order valence-corrected chi connectivity index (χ2v) is 11.2. The Morgan fingerprint density at radius 3 is 2.49 bits per heavy atom. The first-order valence-electron chi connectivity index (χ1n) is 12.2. The summed E-state index contributed by atoms with van der Waals surface area (Å²) in [5.74, 6) is 0.383. The van der Waals surface area contributed by atoms with Gasteiger partial charge in [-0.2, -0.15) is 0 Å². The second kappa shape index (κ2) is 9.42. The van der Waals surface area contributed by atoms with E-state index in [1.165, 1.54) is 0 Å². The number of piperidine rings is 1. The molecule has 5 rings (SSSR count). The van der Waals surface area contributed by atoms with Crippen molar-refractivity contribution in [1.82, 2.24) is 4.90 Å². The molecule has 2 aliphatic heterocycles. The zero-order valence-electron chi connectivity index (χ0n) is 20.4. The van der Waals surface area contributed by atoms with Gasteiger partial charge in [-0.15, -0.1) is 0 Å². The van der Waals surface area contributed by atoms with Crippen molar-refractivity contribution >= 4 is 28.3 Å². The quantitative estimate of drug-likeness (QED) is 0.491. The minimum Gasteiger partial charge on any atom is -0.339 e. The van der Waals surface area contributed by atoms with Gasteiger partial charge in [-0.3, -0.25) is 9.59 Å². The molecule has 0 spiro atoms. The molecule has 0 bridgehead atoms. The topological polar surface area (TPSA) is 57.7 Å². The summed E-state index contributed by atoms with van der Waals surface area (Å²) < 4.78 is 13.6. The molecule has 0 saturated carbocycles. The molecule has 3 aromatic rings. The Morgan fingerprint density at radius 2 is 1.71 bits per heavy atom. The molecule has 1 atom stereocenters. The van der Waals surface area contributed by atoms with Gasteiger partial charge < -0.3 is 9.80 Å². The van der Waals surface area contributed by atoms with Crippen LogP contribution in [-0.2, 0) is 17.3 Å². The Balaban J connectivity index is 1.62. The van der Waals surface area contributed by atoms with Crippen LogP contribution in [0.15, 0.2) is 70.5 Å². The van der Waals surface area contributed by atoms with Crippen LogP contribution in [0.4, 0.5) is 5.69 Å². The zero-order valence-corrected chi connectivity index (χ0v) is 21.2. The maximum absolute atomic E-state index is 13.9. The maximum atomic E-state index is 13.9. The van der Waals surface area contributed by atoms with Crippen LogP contribution < -0.4 is 4.90 Å². The summed E-state index contributed by atoms with van der Waals surface area (Å²) >= 11 is 0. The number of rotatable bonds is 3. The fraction of sp³-hybridized carbons (Fsp3) is 0.310. The van der Waals surface area contributed by atoms with Crippen LogP contribution in [0, 0.1) is 19.8 Å². The number of fused-ring (bicyclic) bond motifs is 2. The molecule has 5 nitrogen and oxygen atoms in total. The van der Waals surface area contributed by atoms with E-state index in [1.54, 1.807) is 47.4 Å². The Hall–Kier alpha value is -3.25. The van der Waals surface area contributed by atoms with Gasteiger partial charge in [0.15, 0.2) is 0 Å². The van der Waals surface area contributed by atoms with Gasteiger partial charge in [0.2, 0.25) is 0 Å². The van der Waals surface area contributed by atoms with Gasteiger partial charge in [0.25, 0.3) is 11.8 Å². The van der Waals surface area contributed by atoms with Crippen molar-refractivity contribution in [2.75, 3.05) is 18.0 Å². The van der Waals surface area contributed by atoms with Gasteiger partial charge in [-0.05, 0) is 74.1 Å². The molecule has 2 aliphatic rings. The summed E-state index contributed by atoms with van der Waals surface area (Å²) in [6.07, 6.45) is 1.99. The smallest absolute Gasteiger partial charge is 0.259 e. The predicted molar refractivity (Wildman–Crippen MR) is 138 cm³/mol. The van der Waals surface area contributed by atoms with Gasteiger partial charge >= 0.3 is 0 Å². The van der Waals surface area contributed by atoms with E-state index in [0.717, 1.165) is 42.6 Å². The SMILES string of the molecule is Cc1ccc(C)c(CN2C(=O)c3ccccc3S(=O)c3ccc(C(=O)N4CCC(C)CC4)cc32)c1. The van der Waals surface area contributed by atoms with Crippen molar-refractivity contribution in [2.45, 2.75) is 49.9 Å². The number of carbonyl (C=O) groups is 2. The summed E-state index contributed by atoms with van der Waals surface area (Å²) in [6.45, 7) is 8.08. The third-order valence-electron chi connectivity index (χ3n) is 7.16. The highest BCUT2D eigenvalue weighted by atomic mass is 32.2. The number of carbonyl (C=O) groups excluding carboxylic acids is 2. The van der Waals surface area contributed by atoms with E-state index in [1.807, 2.05) is 18.7 Å². The Morgan fingerprint density at radius 1 is 0.971 bits per heavy atom. The van der Waals surface area contributed by atoms with Crippen molar-refractivity contribution in [1.29, 1.82) is 0 Å². The second-order valence-electron chi connectivity index (χ2n) is 9.74. The van der Waals surface area contributed by atoms with Crippen LogP contribution in [0.5, 0.6) is 0 Å². The number of nitrogens with zero attached hydrogens (tertiary/aromatic N) is 2. The third kappa shape index (κ3) is 4.43. The fourth-order valence-electron chi connectivity index (χ4n) is 4.89. The van der Waals surface area contributed by atoms with Crippen LogP contribution in [0.1, 0.15) is 57.2 Å². The molecular formula is C29H30N2O3S. The lowest BCUT2D eigenvalue weighted by Gasteiger charge is -2.31. The molecule has 3 aromatic carbocycles. The summed E-state index contributed by atoms with van der Waals surface area (Å²) in [4.78, 5) is 31.9. The molecule has 1 saturated heterocycles. The lowest BCUT2D eigenvalue weighted by Crippen LogP contribution is -2.38. The summed E-state index contributed by atoms with van der Waals surface area (Å²) in [7, 11) is -1.53. The normalized spacial score (nSPS) is 18.1. The monoisotopic (exact) mass is 486 g/mol. The van der Waals surface area contributed by atoms with Crippen LogP contribution in [0.3, 0.4) is 0 Å². The van der Waals surface area contributed by atoms with Crippen LogP contribution >= 0.6 is 0 Å². The van der Waals surface area contributed by atoms with Gasteiger partial charge in [0, 0.05) is 18.7 Å². The lowest BCUT2D eigenvalue weighted by atomic mass is 9.98. The molecule has 0 aromatic heterocycles. The van der Waals surface area contributed by atoms with E-state index in [9.17, 15) is 13.8 Å². The molecule has 2 heterocycles. The number of likely N-dealkylation sites (tertiary alicyclic amines) is 1. The first kappa shape index (κ1) is 23.5. The van der Waals surface area contributed by atoms with Crippen LogP contribution in [0.25, 0.3) is 0 Å². The van der Waals surface area contributed by atoms with E-state index in [4.69, 9.17) is 0 Å². The summed E-state index contributed by atoms with van der Waals surface area (Å²) in [5.41, 5.74) is 4.72. The van der Waals surface area contributed by atoms with Crippen molar-refractivity contribution < 1.29 is 13.8 Å². The van der Waals surface area contributed by atoms with Crippen LogP contribution in [0.2, 0.25) is 0 Å². The Labute approximate surface area is 209 Å². The highest BCUT2D eigenvalue weighted by Gasteiger charge is 2.32. The van der Waals surface area contributed by atoms with Crippen molar-refractivity contribution in [3.63, 3.8) is 0 Å². The maximum Gasteiger partial charge on any atom is 0.259 e. The summed E-state index contributed by atoms with van der Waals surface area (Å²) in [6, 6.07) is 18.6. The molecule has 0 radical (unpaired) electrons. The van der Waals surface area contributed by atoms with Gasteiger partial charge in [-0.1, -0.05) is 42.8 Å². The van der Waals surface area contributed by atoms with Gasteiger partial charge in [-0.25, -0.2) is 4.21 Å². The van der Waals surface area contributed by atoms with Crippen molar-refractivity contribution in [2.24, 2.45) is 5.92 Å². The number of benzene rings is 3. The van der Waals surface area contributed by atoms with E-state index in [0.29, 0.717) is 39.1 Å². The van der Waals surface area contributed by atoms with Crippen molar-refractivity contribution in [3.05, 3.63) is 88.5 Å². The molecule has 0 aliphatic carbocycles. The first-order chi connectivity index (χ1) is 16.8. The van der Waals surface area contributed by atoms with Gasteiger partial charge in [0.1, 0.15) is 0 Å². The Bertz CT molecular complexity index is 1340. The molecule has 2 amide bonds. The molecule has 1 fully saturated rings. The number of hydrogen-bond acceptors (Lipinski definition) is 3. The molecule has 35 heavy (non-hydrogen) atoms. The predicted octanol–water partition coefficient (Wildman–Crippen LogP) is 5.50. The van der Waals surface area contributed by atoms with E-state index in [-0.39, 0.29) is 11.8 Å². The first-order valence-corrected chi connectivity index (χ1v) is 13.3. The van der Waals surface area contributed by atoms with Gasteiger partial charge in [0.05, 0.1) is 38.4 Å². The molecule has 0 N–H and O–H groups in total. The Kier molecular flexibility index (Phi) is 6.32. The van der Waals surface area contributed by atoms with Crippen LogP contribution in [-0.4, -0.2) is 34.0 Å². The van der Waals surface area contributed by atoms with E-state index in [2.05, 4.69) is 25.1 Å². The molecule has 180 valence electrons.